The van der Waals surface area contributed by atoms with Crippen molar-refractivity contribution in [3.05, 3.63) is 36.5 Å². The van der Waals surface area contributed by atoms with E-state index in [0.717, 1.165) is 44.9 Å². The smallest absolute Gasteiger partial charge is 0.305 e. The number of carbonyl (C=O) groups is 2. The average molecular weight is 1010 g/mol. The van der Waals surface area contributed by atoms with E-state index in [9.17, 15) is 19.8 Å². The Kier molecular flexibility index (Phi) is 60.0. The number of carbonyl (C=O) groups excluding carboxylic acids is 2. The molecule has 6 nitrogen and oxygen atoms in total. The molecule has 0 spiro atoms. The number of ether oxygens (including phenoxy) is 1. The highest BCUT2D eigenvalue weighted by atomic mass is 16.5. The van der Waals surface area contributed by atoms with Crippen LogP contribution in [0.2, 0.25) is 0 Å². The summed E-state index contributed by atoms with van der Waals surface area (Å²) >= 11 is 0. The highest BCUT2D eigenvalue weighted by Gasteiger charge is 2.18. The molecule has 0 aliphatic rings. The normalized spacial score (nSPS) is 12.8. The predicted molar refractivity (Wildman–Crippen MR) is 315 cm³/mol. The van der Waals surface area contributed by atoms with Crippen molar-refractivity contribution < 1.29 is 24.5 Å². The Morgan fingerprint density at radius 3 is 1.01 bits per heavy atom. The van der Waals surface area contributed by atoms with Gasteiger partial charge in [0.05, 0.1) is 25.4 Å². The summed E-state index contributed by atoms with van der Waals surface area (Å²) in [6.07, 6.45) is 77.9. The van der Waals surface area contributed by atoms with E-state index in [1.807, 2.05) is 6.08 Å². The number of aliphatic hydroxyl groups excluding tert-OH is 2. The lowest BCUT2D eigenvalue weighted by Crippen LogP contribution is -2.45. The zero-order valence-electron chi connectivity index (χ0n) is 48.4. The Hall–Kier alpha value is -1.92. The zero-order valence-corrected chi connectivity index (χ0v) is 48.4. The minimum absolute atomic E-state index is 0.00816. The van der Waals surface area contributed by atoms with Crippen molar-refractivity contribution in [1.29, 1.82) is 0 Å². The molecule has 0 saturated carbocycles. The Balaban J connectivity index is 3.34. The first-order valence-corrected chi connectivity index (χ1v) is 32.3. The van der Waals surface area contributed by atoms with Crippen LogP contribution in [0.1, 0.15) is 348 Å². The monoisotopic (exact) mass is 1010 g/mol. The fraction of sp³-hybridized carbons (Fsp3) is 0.879. The fourth-order valence-corrected chi connectivity index (χ4v) is 9.92. The van der Waals surface area contributed by atoms with Gasteiger partial charge in [0.15, 0.2) is 0 Å². The molecule has 0 saturated heterocycles. The predicted octanol–water partition coefficient (Wildman–Crippen LogP) is 20.4. The number of nitrogens with one attached hydrogen (secondary N) is 1. The standard InChI is InChI=1S/C66H125NO5/c1-3-5-7-9-11-13-15-40-44-48-52-56-60-66(71)72-61-57-53-49-45-41-38-36-34-32-30-28-26-24-22-20-18-16-17-19-21-23-25-27-29-31-33-35-37-39-43-47-51-55-59-65(70)67-63(62-68)64(69)58-54-50-46-42-14-12-10-8-6-4-2/h11,13,20,22,54,58,63-64,68-69H,3-10,12,14-19,21,23-53,55-57,59-62H2,1-2H3,(H,67,70)/b13-11-,22-20-,58-54+. The van der Waals surface area contributed by atoms with Crippen molar-refractivity contribution in [2.24, 2.45) is 0 Å². The van der Waals surface area contributed by atoms with Crippen LogP contribution >= 0.6 is 0 Å². The summed E-state index contributed by atoms with van der Waals surface area (Å²) in [4.78, 5) is 24.4. The van der Waals surface area contributed by atoms with Gasteiger partial charge >= 0.3 is 5.97 Å². The molecule has 0 aromatic heterocycles. The number of rotatable bonds is 60. The Bertz CT molecular complexity index is 1170. The zero-order chi connectivity index (χ0) is 52.2. The topological polar surface area (TPSA) is 95.9 Å². The van der Waals surface area contributed by atoms with E-state index < -0.39 is 12.1 Å². The maximum atomic E-state index is 12.4. The van der Waals surface area contributed by atoms with Gasteiger partial charge in [-0.2, -0.15) is 0 Å². The minimum atomic E-state index is -0.840. The van der Waals surface area contributed by atoms with E-state index in [1.54, 1.807) is 6.08 Å². The van der Waals surface area contributed by atoms with Crippen molar-refractivity contribution in [3.8, 4) is 0 Å². The Morgan fingerprint density at radius 1 is 0.375 bits per heavy atom. The summed E-state index contributed by atoms with van der Waals surface area (Å²) in [5.41, 5.74) is 0. The molecule has 0 bridgehead atoms. The number of allylic oxidation sites excluding steroid dienone is 5. The lowest BCUT2D eigenvalue weighted by molar-refractivity contribution is -0.143. The van der Waals surface area contributed by atoms with E-state index in [0.29, 0.717) is 19.4 Å². The largest absolute Gasteiger partial charge is 0.466 e. The Labute approximate surface area is 449 Å². The van der Waals surface area contributed by atoms with Gasteiger partial charge in [-0.3, -0.25) is 9.59 Å². The molecule has 6 heteroatoms. The molecule has 0 radical (unpaired) electrons. The van der Waals surface area contributed by atoms with Crippen LogP contribution in [0.3, 0.4) is 0 Å². The molecule has 0 aromatic rings. The van der Waals surface area contributed by atoms with Gasteiger partial charge in [0.25, 0.3) is 0 Å². The van der Waals surface area contributed by atoms with Crippen molar-refractivity contribution in [2.75, 3.05) is 13.2 Å². The van der Waals surface area contributed by atoms with E-state index in [-0.39, 0.29) is 18.5 Å². The van der Waals surface area contributed by atoms with Crippen LogP contribution < -0.4 is 5.32 Å². The van der Waals surface area contributed by atoms with Crippen LogP contribution in [0.15, 0.2) is 36.5 Å². The molecule has 0 rings (SSSR count). The van der Waals surface area contributed by atoms with Crippen LogP contribution in [-0.4, -0.2) is 47.4 Å². The highest BCUT2D eigenvalue weighted by molar-refractivity contribution is 5.76. The summed E-state index contributed by atoms with van der Waals surface area (Å²) in [5.74, 6) is -0.0579. The van der Waals surface area contributed by atoms with Gasteiger partial charge in [-0.25, -0.2) is 0 Å². The number of amides is 1. The molecule has 0 heterocycles. The second kappa shape index (κ2) is 61.6. The average Bonchev–Trinajstić information content (AvgIpc) is 3.38. The third-order valence-electron chi connectivity index (χ3n) is 14.9. The van der Waals surface area contributed by atoms with Crippen LogP contribution in [-0.2, 0) is 14.3 Å². The molecular weight excluding hydrogens is 887 g/mol. The van der Waals surface area contributed by atoms with E-state index in [4.69, 9.17) is 4.74 Å². The van der Waals surface area contributed by atoms with Crippen LogP contribution in [0.5, 0.6) is 0 Å². The van der Waals surface area contributed by atoms with Crippen molar-refractivity contribution in [1.82, 2.24) is 5.32 Å². The first-order valence-electron chi connectivity index (χ1n) is 32.3. The minimum Gasteiger partial charge on any atom is -0.466 e. The number of hydrogen-bond acceptors (Lipinski definition) is 5. The number of aliphatic hydroxyl groups is 2. The highest BCUT2D eigenvalue weighted by Crippen LogP contribution is 2.17. The van der Waals surface area contributed by atoms with Gasteiger partial charge in [0.1, 0.15) is 0 Å². The maximum absolute atomic E-state index is 12.4. The summed E-state index contributed by atoms with van der Waals surface area (Å²) in [6.45, 7) is 4.87. The van der Waals surface area contributed by atoms with E-state index in [2.05, 4.69) is 43.5 Å². The molecular formula is C66H125NO5. The van der Waals surface area contributed by atoms with Gasteiger partial charge in [0.2, 0.25) is 5.91 Å². The van der Waals surface area contributed by atoms with Gasteiger partial charge in [-0.1, -0.05) is 288 Å². The number of hydrogen-bond donors (Lipinski definition) is 3. The first kappa shape index (κ1) is 70.1. The van der Waals surface area contributed by atoms with Crippen LogP contribution in [0.25, 0.3) is 0 Å². The molecule has 0 aliphatic carbocycles. The van der Waals surface area contributed by atoms with Crippen molar-refractivity contribution in [2.45, 2.75) is 360 Å². The second-order valence-corrected chi connectivity index (χ2v) is 22.1. The SMILES string of the molecule is CCCCC/C=C\CCCCCCCC(=O)OCCCCCCCCCCCCCC/C=C\CCCCCCCCCCCCCCCCCCCC(=O)NC(CO)C(O)/C=C/CCCCCCCCCC. The van der Waals surface area contributed by atoms with Gasteiger partial charge in [0, 0.05) is 12.8 Å². The molecule has 0 aliphatic heterocycles. The summed E-state index contributed by atoms with van der Waals surface area (Å²) in [7, 11) is 0. The summed E-state index contributed by atoms with van der Waals surface area (Å²) in [5, 5.41) is 23.0. The fourth-order valence-electron chi connectivity index (χ4n) is 9.92. The molecule has 1 amide bonds. The van der Waals surface area contributed by atoms with Crippen molar-refractivity contribution >= 4 is 11.9 Å². The molecule has 0 fully saturated rings. The number of esters is 1. The molecule has 72 heavy (non-hydrogen) atoms. The van der Waals surface area contributed by atoms with Gasteiger partial charge in [-0.15, -0.1) is 0 Å². The first-order chi connectivity index (χ1) is 35.5. The Morgan fingerprint density at radius 2 is 0.653 bits per heavy atom. The van der Waals surface area contributed by atoms with E-state index in [1.165, 1.54) is 276 Å². The molecule has 2 atom stereocenters. The lowest BCUT2D eigenvalue weighted by atomic mass is 10.0. The van der Waals surface area contributed by atoms with Crippen LogP contribution in [0, 0.1) is 0 Å². The summed E-state index contributed by atoms with van der Waals surface area (Å²) in [6, 6.07) is -0.623. The lowest BCUT2D eigenvalue weighted by Gasteiger charge is -2.20. The van der Waals surface area contributed by atoms with Crippen LogP contribution in [0.4, 0.5) is 0 Å². The maximum Gasteiger partial charge on any atom is 0.305 e. The molecule has 0 aromatic carbocycles. The second-order valence-electron chi connectivity index (χ2n) is 22.1. The quantitative estimate of drug-likeness (QED) is 0.0320. The van der Waals surface area contributed by atoms with Crippen molar-refractivity contribution in [3.63, 3.8) is 0 Å². The summed E-state index contributed by atoms with van der Waals surface area (Å²) < 4.78 is 5.47. The third kappa shape index (κ3) is 57.4. The van der Waals surface area contributed by atoms with E-state index >= 15 is 0 Å². The molecule has 424 valence electrons. The van der Waals surface area contributed by atoms with Gasteiger partial charge in [-0.05, 0) is 83.5 Å². The number of unbranched alkanes of at least 4 members (excludes halogenated alkanes) is 45. The molecule has 3 N–H and O–H groups in total. The third-order valence-corrected chi connectivity index (χ3v) is 14.9. The van der Waals surface area contributed by atoms with Gasteiger partial charge < -0.3 is 20.3 Å². The molecule has 2 unspecified atom stereocenters.